The molecule has 2 rings (SSSR count). The molecule has 1 aromatic rings. The van der Waals surface area contributed by atoms with E-state index in [0.29, 0.717) is 17.4 Å². The number of hydrogen-bond acceptors (Lipinski definition) is 5. The molecule has 1 fully saturated rings. The lowest BCUT2D eigenvalue weighted by molar-refractivity contribution is 0.209. The molecule has 0 aromatic carbocycles. The highest BCUT2D eigenvalue weighted by Crippen LogP contribution is 2.20. The molecule has 0 aliphatic carbocycles. The monoisotopic (exact) mass is 265 g/mol. The number of nitriles is 1. The Balaban J connectivity index is 2.14. The van der Waals surface area contributed by atoms with Crippen molar-refractivity contribution in [2.24, 2.45) is 0 Å². The quantitative estimate of drug-likeness (QED) is 0.759. The van der Waals surface area contributed by atoms with Gasteiger partial charge in [-0.3, -0.25) is 4.90 Å². The minimum absolute atomic E-state index is 0.190. The van der Waals surface area contributed by atoms with Crippen molar-refractivity contribution in [2.45, 2.75) is 19.9 Å². The fraction of sp³-hybridized carbons (Fsp3) is 0.583. The van der Waals surface area contributed by atoms with Crippen molar-refractivity contribution < 1.29 is 0 Å². The van der Waals surface area contributed by atoms with Crippen LogP contribution >= 0.6 is 11.6 Å². The molecule has 1 aliphatic heterocycles. The Morgan fingerprint density at radius 3 is 2.56 bits per heavy atom. The number of aromatic nitrogens is 2. The third-order valence-electron chi connectivity index (χ3n) is 3.20. The zero-order valence-electron chi connectivity index (χ0n) is 10.6. The van der Waals surface area contributed by atoms with Crippen molar-refractivity contribution >= 4 is 17.4 Å². The number of hydrogen-bond donors (Lipinski definition) is 0. The number of anilines is 1. The predicted molar refractivity (Wildman–Crippen MR) is 70.7 cm³/mol. The molecule has 0 atom stereocenters. The van der Waals surface area contributed by atoms with Gasteiger partial charge in [0.25, 0.3) is 0 Å². The van der Waals surface area contributed by atoms with E-state index in [9.17, 15) is 0 Å². The summed E-state index contributed by atoms with van der Waals surface area (Å²) in [5.74, 6) is 0.654. The fourth-order valence-electron chi connectivity index (χ4n) is 2.12. The fourth-order valence-corrected chi connectivity index (χ4v) is 2.25. The SMILES string of the molecule is CC(C)N1CCN(c2nc(Cl)ncc2C#N)CC1. The van der Waals surface area contributed by atoms with Crippen LogP contribution in [-0.2, 0) is 0 Å². The molecule has 5 nitrogen and oxygen atoms in total. The van der Waals surface area contributed by atoms with Crippen molar-refractivity contribution in [1.29, 1.82) is 5.26 Å². The summed E-state index contributed by atoms with van der Waals surface area (Å²) < 4.78 is 0. The van der Waals surface area contributed by atoms with Crippen LogP contribution in [0.4, 0.5) is 5.82 Å². The van der Waals surface area contributed by atoms with Crippen molar-refractivity contribution in [3.63, 3.8) is 0 Å². The molecule has 1 aromatic heterocycles. The van der Waals surface area contributed by atoms with E-state index in [1.54, 1.807) is 0 Å². The van der Waals surface area contributed by atoms with Crippen LogP contribution < -0.4 is 4.90 Å². The highest BCUT2D eigenvalue weighted by atomic mass is 35.5. The summed E-state index contributed by atoms with van der Waals surface area (Å²) in [4.78, 5) is 12.5. The first kappa shape index (κ1) is 13.1. The number of nitrogens with zero attached hydrogens (tertiary/aromatic N) is 5. The zero-order chi connectivity index (χ0) is 13.1. The van der Waals surface area contributed by atoms with Gasteiger partial charge >= 0.3 is 0 Å². The van der Waals surface area contributed by atoms with Crippen LogP contribution in [0.15, 0.2) is 6.20 Å². The Labute approximate surface area is 112 Å². The Morgan fingerprint density at radius 2 is 2.00 bits per heavy atom. The maximum Gasteiger partial charge on any atom is 0.224 e. The van der Waals surface area contributed by atoms with Gasteiger partial charge in [-0.1, -0.05) is 0 Å². The molecular weight excluding hydrogens is 250 g/mol. The average Bonchev–Trinajstić information content (AvgIpc) is 2.39. The maximum absolute atomic E-state index is 9.07. The van der Waals surface area contributed by atoms with Crippen molar-refractivity contribution in [1.82, 2.24) is 14.9 Å². The highest BCUT2D eigenvalue weighted by Gasteiger charge is 2.22. The van der Waals surface area contributed by atoms with E-state index in [4.69, 9.17) is 16.9 Å². The van der Waals surface area contributed by atoms with E-state index >= 15 is 0 Å². The van der Waals surface area contributed by atoms with E-state index in [1.807, 2.05) is 0 Å². The van der Waals surface area contributed by atoms with Crippen molar-refractivity contribution in [3.8, 4) is 6.07 Å². The second kappa shape index (κ2) is 5.51. The van der Waals surface area contributed by atoms with Gasteiger partial charge in [0.2, 0.25) is 5.28 Å². The van der Waals surface area contributed by atoms with Crippen LogP contribution in [0.3, 0.4) is 0 Å². The second-order valence-electron chi connectivity index (χ2n) is 4.60. The van der Waals surface area contributed by atoms with Gasteiger partial charge in [0.15, 0.2) is 5.82 Å². The van der Waals surface area contributed by atoms with E-state index in [1.165, 1.54) is 6.20 Å². The second-order valence-corrected chi connectivity index (χ2v) is 4.94. The Morgan fingerprint density at radius 1 is 1.33 bits per heavy atom. The molecular formula is C12H16ClN5. The molecule has 1 aliphatic rings. The summed E-state index contributed by atoms with van der Waals surface area (Å²) in [6, 6.07) is 2.67. The molecule has 2 heterocycles. The molecule has 0 N–H and O–H groups in total. The molecule has 6 heteroatoms. The van der Waals surface area contributed by atoms with Crippen LogP contribution in [0.1, 0.15) is 19.4 Å². The van der Waals surface area contributed by atoms with Gasteiger partial charge in [-0.15, -0.1) is 0 Å². The van der Waals surface area contributed by atoms with Crippen molar-refractivity contribution in [3.05, 3.63) is 17.0 Å². The van der Waals surface area contributed by atoms with Gasteiger partial charge in [0.1, 0.15) is 11.6 Å². The molecule has 0 bridgehead atoms. The topological polar surface area (TPSA) is 56.1 Å². The van der Waals surface area contributed by atoms with E-state index in [-0.39, 0.29) is 5.28 Å². The smallest absolute Gasteiger partial charge is 0.224 e. The average molecular weight is 266 g/mol. The Bertz CT molecular complexity index is 460. The third kappa shape index (κ3) is 2.71. The molecule has 18 heavy (non-hydrogen) atoms. The summed E-state index contributed by atoms with van der Waals surface area (Å²) in [7, 11) is 0. The molecule has 1 saturated heterocycles. The van der Waals surface area contributed by atoms with Gasteiger partial charge < -0.3 is 4.90 Å². The van der Waals surface area contributed by atoms with Crippen LogP contribution in [0, 0.1) is 11.3 Å². The molecule has 0 spiro atoms. The molecule has 0 amide bonds. The van der Waals surface area contributed by atoms with Crippen molar-refractivity contribution in [2.75, 3.05) is 31.1 Å². The van der Waals surface area contributed by atoms with Crippen LogP contribution in [0.2, 0.25) is 5.28 Å². The standard InChI is InChI=1S/C12H16ClN5/c1-9(2)17-3-5-18(6-4-17)11-10(7-14)8-15-12(13)16-11/h8-9H,3-6H2,1-2H3. The first-order chi connectivity index (χ1) is 8.61. The molecule has 0 saturated carbocycles. The summed E-state index contributed by atoms with van der Waals surface area (Å²) in [6.45, 7) is 8.06. The minimum Gasteiger partial charge on any atom is -0.353 e. The number of halogens is 1. The maximum atomic E-state index is 9.07. The van der Waals surface area contributed by atoms with Gasteiger partial charge in [0, 0.05) is 32.2 Å². The lowest BCUT2D eigenvalue weighted by atomic mass is 10.2. The first-order valence-corrected chi connectivity index (χ1v) is 6.41. The lowest BCUT2D eigenvalue weighted by Gasteiger charge is -2.37. The third-order valence-corrected chi connectivity index (χ3v) is 3.39. The van der Waals surface area contributed by atoms with Crippen LogP contribution in [0.5, 0.6) is 0 Å². The zero-order valence-corrected chi connectivity index (χ0v) is 11.4. The Kier molecular flexibility index (Phi) is 4.00. The van der Waals surface area contributed by atoms with Gasteiger partial charge in [-0.2, -0.15) is 10.2 Å². The lowest BCUT2D eigenvalue weighted by Crippen LogP contribution is -2.49. The summed E-state index contributed by atoms with van der Waals surface area (Å²) in [6.07, 6.45) is 1.49. The Hall–Kier alpha value is -1.38. The predicted octanol–water partition coefficient (Wildman–Crippen LogP) is 1.53. The summed E-state index contributed by atoms with van der Waals surface area (Å²) in [5, 5.41) is 9.26. The molecule has 0 unspecified atom stereocenters. The summed E-state index contributed by atoms with van der Waals surface area (Å²) in [5.41, 5.74) is 0.484. The highest BCUT2D eigenvalue weighted by molar-refractivity contribution is 6.28. The van der Waals surface area contributed by atoms with E-state index < -0.39 is 0 Å². The normalized spacial score (nSPS) is 16.9. The van der Waals surface area contributed by atoms with Crippen LogP contribution in [0.25, 0.3) is 0 Å². The van der Waals surface area contributed by atoms with Gasteiger partial charge in [-0.05, 0) is 25.4 Å². The summed E-state index contributed by atoms with van der Waals surface area (Å²) >= 11 is 5.80. The van der Waals surface area contributed by atoms with Gasteiger partial charge in [-0.25, -0.2) is 4.98 Å². The van der Waals surface area contributed by atoms with Crippen LogP contribution in [-0.4, -0.2) is 47.1 Å². The van der Waals surface area contributed by atoms with Gasteiger partial charge in [0.05, 0.1) is 6.20 Å². The molecule has 0 radical (unpaired) electrons. The molecule has 96 valence electrons. The minimum atomic E-state index is 0.190. The number of rotatable bonds is 2. The first-order valence-electron chi connectivity index (χ1n) is 6.03. The largest absolute Gasteiger partial charge is 0.353 e. The number of piperazine rings is 1. The van der Waals surface area contributed by atoms with E-state index in [0.717, 1.165) is 26.2 Å². The van der Waals surface area contributed by atoms with E-state index in [2.05, 4.69) is 39.7 Å².